The van der Waals surface area contributed by atoms with Gasteiger partial charge in [-0.15, -0.1) is 0 Å². The molecule has 2 saturated heterocycles. The molecule has 1 aliphatic carbocycles. The van der Waals surface area contributed by atoms with E-state index in [0.29, 0.717) is 22.9 Å². The van der Waals surface area contributed by atoms with Crippen molar-refractivity contribution < 1.29 is 0 Å². The molecule has 3 nitrogen and oxygen atoms in total. The van der Waals surface area contributed by atoms with Crippen molar-refractivity contribution >= 4 is 11.6 Å². The fourth-order valence-corrected chi connectivity index (χ4v) is 7.29. The first-order chi connectivity index (χ1) is 15.0. The standard InChI is InChI=1S/C27H35ClN3/c1-19(2)15-27(16-21(12-14-30-27)20-7-4-3-5-8-20)24-17-29-18-26(24)13-6-9-23-22(26)10-11-25(28)31-23/h3-5,7-8,10-11,19,21,24,29H,6,9,12-18H2,1-2H3/t21?,24-,26?,27?/m1/s1. The summed E-state index contributed by atoms with van der Waals surface area (Å²) in [4.78, 5) is 4.77. The number of rotatable bonds is 4. The normalized spacial score (nSPS) is 33.0. The number of piperidine rings is 1. The molecule has 2 aromatic rings. The van der Waals surface area contributed by atoms with Gasteiger partial charge in [-0.3, -0.25) is 0 Å². The summed E-state index contributed by atoms with van der Waals surface area (Å²) in [6.45, 7) is 7.81. The van der Waals surface area contributed by atoms with Gasteiger partial charge in [-0.2, -0.15) is 0 Å². The number of aryl methyl sites for hydroxylation is 1. The molecule has 3 heterocycles. The van der Waals surface area contributed by atoms with Gasteiger partial charge in [0.15, 0.2) is 0 Å². The van der Waals surface area contributed by atoms with Gasteiger partial charge in [0.1, 0.15) is 5.15 Å². The van der Waals surface area contributed by atoms with Gasteiger partial charge in [-0.25, -0.2) is 10.3 Å². The molecule has 2 fully saturated rings. The van der Waals surface area contributed by atoms with Gasteiger partial charge < -0.3 is 5.32 Å². The minimum atomic E-state index is 0.0185. The molecule has 4 heteroatoms. The van der Waals surface area contributed by atoms with E-state index in [0.717, 1.165) is 26.1 Å². The molecule has 0 amide bonds. The fraction of sp³-hybridized carbons (Fsp3) is 0.593. The zero-order valence-electron chi connectivity index (χ0n) is 18.9. The van der Waals surface area contributed by atoms with Crippen LogP contribution in [0.1, 0.15) is 68.7 Å². The number of halogens is 1. The third kappa shape index (κ3) is 3.83. The zero-order chi connectivity index (χ0) is 21.5. The Hall–Kier alpha value is -1.42. The Morgan fingerprint density at radius 1 is 1.16 bits per heavy atom. The summed E-state index contributed by atoms with van der Waals surface area (Å²) in [7, 11) is 0. The largest absolute Gasteiger partial charge is 0.315 e. The highest BCUT2D eigenvalue weighted by Crippen LogP contribution is 2.53. The molecule has 2 aliphatic heterocycles. The van der Waals surface area contributed by atoms with Crippen LogP contribution in [0.5, 0.6) is 0 Å². The van der Waals surface area contributed by atoms with Crippen LogP contribution in [0.25, 0.3) is 0 Å². The number of pyridine rings is 1. The molecule has 0 bridgehead atoms. The van der Waals surface area contributed by atoms with Crippen LogP contribution in [0, 0.1) is 11.8 Å². The summed E-state index contributed by atoms with van der Waals surface area (Å²) in [5.74, 6) is 1.74. The van der Waals surface area contributed by atoms with E-state index in [1.54, 1.807) is 0 Å². The SMILES string of the molecule is CC(C)CC1([C@@H]2CNCC23CCCc2nc(Cl)ccc23)CC(c2ccccc2)CC[N]1. The topological polar surface area (TPSA) is 39.0 Å². The maximum Gasteiger partial charge on any atom is 0.129 e. The Morgan fingerprint density at radius 3 is 2.81 bits per heavy atom. The molecule has 1 radical (unpaired) electrons. The molecule has 0 saturated carbocycles. The van der Waals surface area contributed by atoms with Crippen molar-refractivity contribution in [3.8, 4) is 0 Å². The monoisotopic (exact) mass is 436 g/mol. The van der Waals surface area contributed by atoms with E-state index < -0.39 is 0 Å². The zero-order valence-corrected chi connectivity index (χ0v) is 19.7. The maximum atomic E-state index is 6.29. The molecule has 1 aromatic carbocycles. The van der Waals surface area contributed by atoms with Crippen LogP contribution in [0.15, 0.2) is 42.5 Å². The molecule has 1 aromatic heterocycles. The van der Waals surface area contributed by atoms with Crippen molar-refractivity contribution in [2.45, 2.75) is 69.2 Å². The summed E-state index contributed by atoms with van der Waals surface area (Å²) < 4.78 is 0. The summed E-state index contributed by atoms with van der Waals surface area (Å²) in [5.41, 5.74) is 4.30. The van der Waals surface area contributed by atoms with Gasteiger partial charge in [0.05, 0.1) is 0 Å². The van der Waals surface area contributed by atoms with Crippen molar-refractivity contribution in [1.82, 2.24) is 15.6 Å². The number of hydrogen-bond acceptors (Lipinski definition) is 2. The Morgan fingerprint density at radius 2 is 2.00 bits per heavy atom. The van der Waals surface area contributed by atoms with Crippen molar-refractivity contribution in [1.29, 1.82) is 0 Å². The molecule has 5 rings (SSSR count). The molecule has 4 atom stereocenters. The predicted octanol–water partition coefficient (Wildman–Crippen LogP) is 5.50. The third-order valence-corrected chi connectivity index (χ3v) is 8.36. The first kappa shape index (κ1) is 21.4. The Bertz CT molecular complexity index is 914. The van der Waals surface area contributed by atoms with Crippen molar-refractivity contribution in [2.24, 2.45) is 11.8 Å². The first-order valence-corrected chi connectivity index (χ1v) is 12.5. The van der Waals surface area contributed by atoms with Crippen molar-refractivity contribution in [3.63, 3.8) is 0 Å². The molecule has 165 valence electrons. The molecule has 1 spiro atoms. The van der Waals surface area contributed by atoms with Gasteiger partial charge in [0.25, 0.3) is 0 Å². The van der Waals surface area contributed by atoms with Crippen molar-refractivity contribution in [3.05, 3.63) is 64.4 Å². The lowest BCUT2D eigenvalue weighted by Gasteiger charge is -2.52. The van der Waals surface area contributed by atoms with Crippen LogP contribution < -0.4 is 10.6 Å². The van der Waals surface area contributed by atoms with Crippen LogP contribution in [-0.2, 0) is 11.8 Å². The molecular formula is C27H35ClN3. The number of benzene rings is 1. The van der Waals surface area contributed by atoms with Crippen LogP contribution >= 0.6 is 11.6 Å². The molecule has 1 N–H and O–H groups in total. The summed E-state index contributed by atoms with van der Waals surface area (Å²) in [6.07, 6.45) is 6.97. The van der Waals surface area contributed by atoms with Gasteiger partial charge in [0.2, 0.25) is 0 Å². The lowest BCUT2D eigenvalue weighted by molar-refractivity contribution is 0.0751. The van der Waals surface area contributed by atoms with E-state index in [1.165, 1.54) is 48.9 Å². The number of nitrogens with zero attached hydrogens (tertiary/aromatic N) is 2. The van der Waals surface area contributed by atoms with Crippen LogP contribution in [-0.4, -0.2) is 30.2 Å². The fourth-order valence-electron chi connectivity index (χ4n) is 7.13. The average Bonchev–Trinajstić information content (AvgIpc) is 3.19. The first-order valence-electron chi connectivity index (χ1n) is 12.1. The van der Waals surface area contributed by atoms with Gasteiger partial charge in [0, 0.05) is 42.2 Å². The van der Waals surface area contributed by atoms with Crippen molar-refractivity contribution in [2.75, 3.05) is 19.6 Å². The quantitative estimate of drug-likeness (QED) is 0.643. The van der Waals surface area contributed by atoms with Gasteiger partial charge in [-0.05, 0) is 67.6 Å². The molecule has 3 unspecified atom stereocenters. The summed E-state index contributed by atoms with van der Waals surface area (Å²) in [6, 6.07) is 15.4. The minimum absolute atomic E-state index is 0.0185. The highest BCUT2D eigenvalue weighted by molar-refractivity contribution is 6.29. The predicted molar refractivity (Wildman–Crippen MR) is 128 cm³/mol. The van der Waals surface area contributed by atoms with E-state index >= 15 is 0 Å². The second-order valence-electron chi connectivity index (χ2n) is 10.5. The summed E-state index contributed by atoms with van der Waals surface area (Å²) in [5, 5.41) is 9.96. The molecular weight excluding hydrogens is 402 g/mol. The van der Waals surface area contributed by atoms with E-state index in [1.807, 2.05) is 6.07 Å². The Kier molecular flexibility index (Phi) is 5.87. The molecule has 3 aliphatic rings. The third-order valence-electron chi connectivity index (χ3n) is 8.15. The van der Waals surface area contributed by atoms with Crippen LogP contribution in [0.2, 0.25) is 5.15 Å². The second-order valence-corrected chi connectivity index (χ2v) is 10.9. The smallest absolute Gasteiger partial charge is 0.129 e. The summed E-state index contributed by atoms with van der Waals surface area (Å²) >= 11 is 6.29. The lowest BCUT2D eigenvalue weighted by atomic mass is 9.56. The highest BCUT2D eigenvalue weighted by Gasteiger charge is 2.57. The lowest BCUT2D eigenvalue weighted by Crippen LogP contribution is -2.59. The van der Waals surface area contributed by atoms with E-state index in [9.17, 15) is 0 Å². The van der Waals surface area contributed by atoms with Crippen LogP contribution in [0.4, 0.5) is 0 Å². The Balaban J connectivity index is 1.56. The number of fused-ring (bicyclic) bond motifs is 2. The van der Waals surface area contributed by atoms with E-state index in [-0.39, 0.29) is 11.0 Å². The Labute approximate surface area is 192 Å². The average molecular weight is 437 g/mol. The minimum Gasteiger partial charge on any atom is -0.315 e. The molecule has 31 heavy (non-hydrogen) atoms. The number of hydrogen-bond donors (Lipinski definition) is 1. The maximum absolute atomic E-state index is 6.29. The highest BCUT2D eigenvalue weighted by atomic mass is 35.5. The van der Waals surface area contributed by atoms with E-state index in [4.69, 9.17) is 21.9 Å². The van der Waals surface area contributed by atoms with Gasteiger partial charge >= 0.3 is 0 Å². The van der Waals surface area contributed by atoms with Gasteiger partial charge in [-0.1, -0.05) is 61.8 Å². The van der Waals surface area contributed by atoms with E-state index in [2.05, 4.69) is 55.6 Å². The number of aromatic nitrogens is 1. The van der Waals surface area contributed by atoms with Crippen LogP contribution in [0.3, 0.4) is 0 Å². The number of nitrogens with one attached hydrogen (secondary N) is 1. The second kappa shape index (κ2) is 8.50.